The van der Waals surface area contributed by atoms with Crippen molar-refractivity contribution in [2.45, 2.75) is 13.0 Å². The lowest BCUT2D eigenvalue weighted by atomic mass is 10.2. The second kappa shape index (κ2) is 7.00. The molecule has 2 heterocycles. The Labute approximate surface area is 160 Å². The Morgan fingerprint density at radius 3 is 2.67 bits per heavy atom. The van der Waals surface area contributed by atoms with Gasteiger partial charge in [-0.05, 0) is 19.1 Å². The van der Waals surface area contributed by atoms with E-state index < -0.39 is 6.10 Å². The van der Waals surface area contributed by atoms with Crippen molar-refractivity contribution in [3.63, 3.8) is 0 Å². The number of ether oxygens (including phenoxy) is 3. The molecule has 0 saturated carbocycles. The zero-order valence-electron chi connectivity index (χ0n) is 14.5. The van der Waals surface area contributed by atoms with Crippen molar-refractivity contribution in [1.29, 1.82) is 0 Å². The third-order valence-electron chi connectivity index (χ3n) is 4.28. The topological polar surface area (TPSA) is 77.1 Å². The molecule has 1 atom stereocenters. The molecule has 0 aromatic heterocycles. The highest BCUT2D eigenvalue weighted by Gasteiger charge is 2.32. The maximum absolute atomic E-state index is 12.6. The van der Waals surface area contributed by atoms with Crippen molar-refractivity contribution in [2.24, 2.45) is 0 Å². The highest BCUT2D eigenvalue weighted by atomic mass is 35.5. The van der Waals surface area contributed by atoms with E-state index in [4.69, 9.17) is 25.8 Å². The first kappa shape index (κ1) is 17.5. The number of hydrogen-bond acceptors (Lipinski definition) is 5. The van der Waals surface area contributed by atoms with E-state index in [0.29, 0.717) is 46.9 Å². The number of hydrogen-bond donors (Lipinski definition) is 1. The Balaban J connectivity index is 1.54. The quantitative estimate of drug-likeness (QED) is 0.874. The standard InChI is InChI=1S/C19H17ClN2O5/c1-11-19(24)22(14-4-2-3-5-15(14)27-11)10-18(23)21-13-9-17-16(8-12(13)20)25-6-7-26-17/h2-5,8-9,11H,6-7,10H2,1H3,(H,21,23)/t11-/m0/s1. The average Bonchev–Trinajstić information content (AvgIpc) is 2.66. The first-order valence-electron chi connectivity index (χ1n) is 8.49. The minimum Gasteiger partial charge on any atom is -0.486 e. The fourth-order valence-electron chi connectivity index (χ4n) is 3.02. The number of amides is 2. The van der Waals surface area contributed by atoms with Gasteiger partial charge >= 0.3 is 0 Å². The van der Waals surface area contributed by atoms with Crippen LogP contribution in [-0.4, -0.2) is 37.7 Å². The van der Waals surface area contributed by atoms with Crippen molar-refractivity contribution in [1.82, 2.24) is 0 Å². The van der Waals surface area contributed by atoms with Gasteiger partial charge in [-0.15, -0.1) is 0 Å². The van der Waals surface area contributed by atoms with Crippen LogP contribution >= 0.6 is 11.6 Å². The molecular formula is C19H17ClN2O5. The van der Waals surface area contributed by atoms with Gasteiger partial charge in [-0.3, -0.25) is 14.5 Å². The van der Waals surface area contributed by atoms with Gasteiger partial charge in [-0.2, -0.15) is 0 Å². The molecule has 4 rings (SSSR count). The number of rotatable bonds is 3. The van der Waals surface area contributed by atoms with E-state index >= 15 is 0 Å². The SMILES string of the molecule is C[C@@H]1Oc2ccccc2N(CC(=O)Nc2cc3c(cc2Cl)OCCO3)C1=O. The van der Waals surface area contributed by atoms with Gasteiger partial charge in [0.15, 0.2) is 17.6 Å². The Morgan fingerprint density at radius 1 is 1.19 bits per heavy atom. The summed E-state index contributed by atoms with van der Waals surface area (Å²) in [6.07, 6.45) is -0.661. The van der Waals surface area contributed by atoms with Gasteiger partial charge in [0.05, 0.1) is 16.4 Å². The predicted molar refractivity (Wildman–Crippen MR) is 100.0 cm³/mol. The van der Waals surface area contributed by atoms with Crippen LogP contribution in [0.2, 0.25) is 5.02 Å². The van der Waals surface area contributed by atoms with Crippen molar-refractivity contribution < 1.29 is 23.8 Å². The van der Waals surface area contributed by atoms with E-state index in [0.717, 1.165) is 0 Å². The number of nitrogens with zero attached hydrogens (tertiary/aromatic N) is 1. The first-order chi connectivity index (χ1) is 13.0. The van der Waals surface area contributed by atoms with Crippen LogP contribution in [0.25, 0.3) is 0 Å². The molecule has 2 aromatic carbocycles. The van der Waals surface area contributed by atoms with Crippen molar-refractivity contribution in [2.75, 3.05) is 30.0 Å². The Hall–Kier alpha value is -2.93. The van der Waals surface area contributed by atoms with E-state index in [1.54, 1.807) is 37.3 Å². The lowest BCUT2D eigenvalue weighted by Crippen LogP contribution is -2.47. The van der Waals surface area contributed by atoms with Gasteiger partial charge in [0.25, 0.3) is 5.91 Å². The van der Waals surface area contributed by atoms with Gasteiger partial charge < -0.3 is 19.5 Å². The molecule has 2 aliphatic heterocycles. The zero-order valence-corrected chi connectivity index (χ0v) is 15.3. The lowest BCUT2D eigenvalue weighted by Gasteiger charge is -2.32. The summed E-state index contributed by atoms with van der Waals surface area (Å²) in [7, 11) is 0. The van der Waals surface area contributed by atoms with E-state index in [-0.39, 0.29) is 18.4 Å². The fraction of sp³-hybridized carbons (Fsp3) is 0.263. The molecule has 0 fully saturated rings. The van der Waals surface area contributed by atoms with Crippen LogP contribution < -0.4 is 24.4 Å². The first-order valence-corrected chi connectivity index (χ1v) is 8.87. The van der Waals surface area contributed by atoms with E-state index in [9.17, 15) is 9.59 Å². The van der Waals surface area contributed by atoms with Crippen LogP contribution in [-0.2, 0) is 9.59 Å². The Morgan fingerprint density at radius 2 is 1.89 bits per heavy atom. The highest BCUT2D eigenvalue weighted by Crippen LogP contribution is 2.38. The molecule has 0 bridgehead atoms. The molecule has 0 spiro atoms. The largest absolute Gasteiger partial charge is 0.486 e. The Bertz CT molecular complexity index is 917. The monoisotopic (exact) mass is 388 g/mol. The molecule has 0 radical (unpaired) electrons. The number of carbonyl (C=O) groups is 2. The van der Waals surface area contributed by atoms with E-state index in [2.05, 4.69) is 5.32 Å². The maximum Gasteiger partial charge on any atom is 0.268 e. The van der Waals surface area contributed by atoms with Gasteiger partial charge in [0, 0.05) is 12.1 Å². The Kier molecular flexibility index (Phi) is 4.53. The number of anilines is 2. The van der Waals surface area contributed by atoms with E-state index in [1.807, 2.05) is 6.07 Å². The summed E-state index contributed by atoms with van der Waals surface area (Å²) in [6.45, 7) is 2.37. The van der Waals surface area contributed by atoms with Crippen molar-refractivity contribution >= 4 is 34.8 Å². The summed E-state index contributed by atoms with van der Waals surface area (Å²) in [5.41, 5.74) is 0.956. The van der Waals surface area contributed by atoms with Gasteiger partial charge in [-0.25, -0.2) is 0 Å². The minimum absolute atomic E-state index is 0.158. The van der Waals surface area contributed by atoms with Gasteiger partial charge in [0.1, 0.15) is 25.5 Å². The average molecular weight is 389 g/mol. The fourth-order valence-corrected chi connectivity index (χ4v) is 3.22. The summed E-state index contributed by atoms with van der Waals surface area (Å²) in [4.78, 5) is 26.5. The summed E-state index contributed by atoms with van der Waals surface area (Å²) in [5, 5.41) is 3.06. The predicted octanol–water partition coefficient (Wildman–Crippen LogP) is 2.86. The van der Waals surface area contributed by atoms with E-state index in [1.165, 1.54) is 4.90 Å². The molecule has 0 unspecified atom stereocenters. The number of carbonyl (C=O) groups excluding carboxylic acids is 2. The molecule has 2 amide bonds. The summed E-state index contributed by atoms with van der Waals surface area (Å²) in [6, 6.07) is 10.3. The summed E-state index contributed by atoms with van der Waals surface area (Å²) < 4.78 is 16.6. The molecule has 2 aliphatic rings. The van der Waals surface area contributed by atoms with Crippen LogP contribution in [0.1, 0.15) is 6.92 Å². The van der Waals surface area contributed by atoms with Gasteiger partial charge in [0.2, 0.25) is 5.91 Å². The molecule has 0 saturated heterocycles. The second-order valence-corrected chi connectivity index (χ2v) is 6.58. The minimum atomic E-state index is -0.661. The normalized spacial score (nSPS) is 17.8. The lowest BCUT2D eigenvalue weighted by molar-refractivity contribution is -0.127. The van der Waals surface area contributed by atoms with Crippen molar-refractivity contribution in [3.05, 3.63) is 41.4 Å². The number of nitrogens with one attached hydrogen (secondary N) is 1. The third kappa shape index (κ3) is 3.38. The van der Waals surface area contributed by atoms with Crippen LogP contribution in [0, 0.1) is 0 Å². The third-order valence-corrected chi connectivity index (χ3v) is 4.59. The highest BCUT2D eigenvalue weighted by molar-refractivity contribution is 6.34. The smallest absolute Gasteiger partial charge is 0.268 e. The number of halogens is 1. The van der Waals surface area contributed by atoms with Crippen LogP contribution in [0.3, 0.4) is 0 Å². The second-order valence-electron chi connectivity index (χ2n) is 6.18. The summed E-state index contributed by atoms with van der Waals surface area (Å²) in [5.74, 6) is 0.954. The number of benzene rings is 2. The maximum atomic E-state index is 12.6. The molecule has 140 valence electrons. The van der Waals surface area contributed by atoms with Gasteiger partial charge in [-0.1, -0.05) is 23.7 Å². The van der Waals surface area contributed by atoms with Crippen LogP contribution in [0.15, 0.2) is 36.4 Å². The molecule has 2 aromatic rings. The number of fused-ring (bicyclic) bond motifs is 2. The molecule has 8 heteroatoms. The van der Waals surface area contributed by atoms with Crippen LogP contribution in [0.4, 0.5) is 11.4 Å². The van der Waals surface area contributed by atoms with Crippen molar-refractivity contribution in [3.8, 4) is 17.2 Å². The number of para-hydroxylation sites is 2. The zero-order chi connectivity index (χ0) is 19.0. The van der Waals surface area contributed by atoms with Crippen LogP contribution in [0.5, 0.6) is 17.2 Å². The molecule has 7 nitrogen and oxygen atoms in total. The molecule has 27 heavy (non-hydrogen) atoms. The summed E-state index contributed by atoms with van der Waals surface area (Å²) >= 11 is 6.23. The molecular weight excluding hydrogens is 372 g/mol. The molecule has 1 N–H and O–H groups in total. The molecule has 0 aliphatic carbocycles.